The molecular weight excluding hydrogens is 372 g/mol. The van der Waals surface area contributed by atoms with Gasteiger partial charge in [-0.05, 0) is 31.2 Å². The lowest BCUT2D eigenvalue weighted by Gasteiger charge is -2.03. The first-order chi connectivity index (χ1) is 13.6. The van der Waals surface area contributed by atoms with Crippen LogP contribution in [0.2, 0.25) is 0 Å². The number of para-hydroxylation sites is 1. The summed E-state index contributed by atoms with van der Waals surface area (Å²) in [6.07, 6.45) is 0. The molecule has 28 heavy (non-hydrogen) atoms. The maximum absolute atomic E-state index is 13.7. The summed E-state index contributed by atoms with van der Waals surface area (Å²) in [7, 11) is 0. The number of fused-ring (bicyclic) bond motifs is 1. The number of aromatic nitrogens is 2. The van der Waals surface area contributed by atoms with Crippen molar-refractivity contribution in [3.63, 3.8) is 0 Å². The van der Waals surface area contributed by atoms with Gasteiger partial charge in [0.15, 0.2) is 17.1 Å². The van der Waals surface area contributed by atoms with Gasteiger partial charge < -0.3 is 13.6 Å². The highest BCUT2D eigenvalue weighted by atomic mass is 19.1. The molecule has 2 heterocycles. The number of nitrogens with one attached hydrogen (secondary N) is 1. The largest absolute Gasteiger partial charge is 0.490 e. The lowest BCUT2D eigenvalue weighted by Crippen LogP contribution is -2.16. The first-order valence-corrected chi connectivity index (χ1v) is 8.31. The quantitative estimate of drug-likeness (QED) is 0.547. The fraction of sp³-hybridized carbons (Fsp3) is 0.105. The Morgan fingerprint density at radius 2 is 1.86 bits per heavy atom. The number of furan rings is 1. The fourth-order valence-corrected chi connectivity index (χ4v) is 2.66. The molecule has 0 unspecified atom stereocenters. The number of carbonyl (C=O) groups is 1. The van der Waals surface area contributed by atoms with Crippen LogP contribution < -0.4 is 10.1 Å². The molecule has 0 aliphatic heterocycles. The van der Waals surface area contributed by atoms with Crippen LogP contribution in [-0.4, -0.2) is 22.7 Å². The number of benzene rings is 2. The molecular formula is C19H13F2N3O4. The standard InChI is InChI=1S/C19H13F2N3O4/c1-2-26-13-8-3-5-10-9-14(27-16(10)13)18-23-24-19(28-18)22-17(25)15-11(20)6-4-7-12(15)21/h3-9H,2H2,1H3,(H,22,24,25). The third-order valence-electron chi connectivity index (χ3n) is 3.85. The third kappa shape index (κ3) is 3.18. The second-order valence-electron chi connectivity index (χ2n) is 5.68. The number of nitrogens with zero attached hydrogens (tertiary/aromatic N) is 2. The van der Waals surface area contributed by atoms with Crippen LogP contribution in [0.5, 0.6) is 5.75 Å². The normalized spacial score (nSPS) is 11.0. The lowest BCUT2D eigenvalue weighted by molar-refractivity contribution is 0.101. The summed E-state index contributed by atoms with van der Waals surface area (Å²) in [5.74, 6) is -2.24. The number of amides is 1. The van der Waals surface area contributed by atoms with Crippen molar-refractivity contribution in [1.82, 2.24) is 10.2 Å². The van der Waals surface area contributed by atoms with Crippen LogP contribution in [0.4, 0.5) is 14.8 Å². The van der Waals surface area contributed by atoms with Crippen molar-refractivity contribution in [3.8, 4) is 17.4 Å². The summed E-state index contributed by atoms with van der Waals surface area (Å²) in [6.45, 7) is 2.33. The minimum absolute atomic E-state index is 0.0112. The maximum Gasteiger partial charge on any atom is 0.322 e. The van der Waals surface area contributed by atoms with Crippen LogP contribution in [0.25, 0.3) is 22.6 Å². The minimum Gasteiger partial charge on any atom is -0.490 e. The van der Waals surface area contributed by atoms with Crippen LogP contribution in [0.15, 0.2) is 51.3 Å². The Morgan fingerprint density at radius 1 is 1.11 bits per heavy atom. The van der Waals surface area contributed by atoms with Crippen molar-refractivity contribution in [3.05, 3.63) is 59.7 Å². The Kier molecular flexibility index (Phi) is 4.48. The molecule has 2 aromatic heterocycles. The van der Waals surface area contributed by atoms with E-state index in [1.54, 1.807) is 12.1 Å². The molecule has 1 amide bonds. The van der Waals surface area contributed by atoms with Gasteiger partial charge in [-0.25, -0.2) is 8.78 Å². The monoisotopic (exact) mass is 385 g/mol. The van der Waals surface area contributed by atoms with Crippen molar-refractivity contribution < 1.29 is 27.1 Å². The van der Waals surface area contributed by atoms with Gasteiger partial charge in [-0.3, -0.25) is 10.1 Å². The first kappa shape index (κ1) is 17.7. The average Bonchev–Trinajstić information content (AvgIpc) is 3.29. The van der Waals surface area contributed by atoms with Gasteiger partial charge in [0.1, 0.15) is 17.2 Å². The Morgan fingerprint density at radius 3 is 2.61 bits per heavy atom. The fourth-order valence-electron chi connectivity index (χ4n) is 2.66. The van der Waals surface area contributed by atoms with Gasteiger partial charge in [-0.15, -0.1) is 5.10 Å². The van der Waals surface area contributed by atoms with Gasteiger partial charge in [-0.2, -0.15) is 0 Å². The van der Waals surface area contributed by atoms with Gasteiger partial charge in [0, 0.05) is 5.39 Å². The Balaban J connectivity index is 1.60. The summed E-state index contributed by atoms with van der Waals surface area (Å²) in [4.78, 5) is 12.1. The van der Waals surface area contributed by atoms with Gasteiger partial charge in [0.2, 0.25) is 0 Å². The molecule has 0 bridgehead atoms. The summed E-state index contributed by atoms with van der Waals surface area (Å²) < 4.78 is 44.0. The number of hydrogen-bond donors (Lipinski definition) is 1. The highest BCUT2D eigenvalue weighted by molar-refractivity contribution is 6.03. The van der Waals surface area contributed by atoms with E-state index in [4.69, 9.17) is 13.6 Å². The number of hydrogen-bond acceptors (Lipinski definition) is 6. The molecule has 0 aliphatic carbocycles. The second-order valence-corrected chi connectivity index (χ2v) is 5.68. The minimum atomic E-state index is -1.05. The predicted octanol–water partition coefficient (Wildman–Crippen LogP) is 4.41. The molecule has 4 rings (SSSR count). The van der Waals surface area contributed by atoms with E-state index < -0.39 is 23.1 Å². The van der Waals surface area contributed by atoms with Gasteiger partial charge in [0.25, 0.3) is 11.8 Å². The molecule has 1 N–H and O–H groups in total. The molecule has 0 aliphatic rings. The zero-order valence-corrected chi connectivity index (χ0v) is 14.5. The van der Waals surface area contributed by atoms with E-state index in [1.807, 2.05) is 19.1 Å². The van der Waals surface area contributed by atoms with E-state index in [1.165, 1.54) is 0 Å². The molecule has 142 valence electrons. The summed E-state index contributed by atoms with van der Waals surface area (Å²) in [6, 6.07) is 9.86. The van der Waals surface area contributed by atoms with E-state index in [0.29, 0.717) is 17.9 Å². The Hall–Kier alpha value is -3.75. The molecule has 0 fully saturated rings. The number of carbonyl (C=O) groups excluding carboxylic acids is 1. The Bertz CT molecular complexity index is 1150. The number of ether oxygens (including phenoxy) is 1. The molecule has 0 saturated heterocycles. The summed E-state index contributed by atoms with van der Waals surface area (Å²) in [5, 5.41) is 10.4. The number of anilines is 1. The zero-order chi connectivity index (χ0) is 19.7. The van der Waals surface area contributed by atoms with E-state index in [0.717, 1.165) is 23.6 Å². The molecule has 9 heteroatoms. The van der Waals surface area contributed by atoms with E-state index >= 15 is 0 Å². The van der Waals surface area contributed by atoms with Crippen LogP contribution in [0, 0.1) is 11.6 Å². The highest BCUT2D eigenvalue weighted by Crippen LogP contribution is 2.33. The molecule has 0 radical (unpaired) electrons. The van der Waals surface area contributed by atoms with Crippen LogP contribution in [0.3, 0.4) is 0 Å². The summed E-state index contributed by atoms with van der Waals surface area (Å²) >= 11 is 0. The van der Waals surface area contributed by atoms with E-state index in [-0.39, 0.29) is 17.7 Å². The number of rotatable bonds is 5. The SMILES string of the molecule is CCOc1cccc2cc(-c3nnc(NC(=O)c4c(F)cccc4F)o3)oc12. The van der Waals surface area contributed by atoms with Crippen molar-refractivity contribution >= 4 is 22.9 Å². The molecule has 4 aromatic rings. The molecule has 0 atom stereocenters. The average molecular weight is 385 g/mol. The zero-order valence-electron chi connectivity index (χ0n) is 14.5. The highest BCUT2D eigenvalue weighted by Gasteiger charge is 2.21. The second kappa shape index (κ2) is 7.10. The van der Waals surface area contributed by atoms with Gasteiger partial charge >= 0.3 is 6.01 Å². The van der Waals surface area contributed by atoms with Crippen molar-refractivity contribution in [2.75, 3.05) is 11.9 Å². The van der Waals surface area contributed by atoms with Crippen LogP contribution in [0.1, 0.15) is 17.3 Å². The topological polar surface area (TPSA) is 90.4 Å². The van der Waals surface area contributed by atoms with E-state index in [9.17, 15) is 13.6 Å². The predicted molar refractivity (Wildman–Crippen MR) is 95.0 cm³/mol. The molecule has 2 aromatic carbocycles. The Labute approximate surface area is 156 Å². The maximum atomic E-state index is 13.7. The van der Waals surface area contributed by atoms with Crippen LogP contribution in [-0.2, 0) is 0 Å². The molecule has 0 saturated carbocycles. The van der Waals surface area contributed by atoms with Gasteiger partial charge in [-0.1, -0.05) is 23.3 Å². The smallest absolute Gasteiger partial charge is 0.322 e. The third-order valence-corrected chi connectivity index (χ3v) is 3.85. The van der Waals surface area contributed by atoms with Crippen molar-refractivity contribution in [2.24, 2.45) is 0 Å². The van der Waals surface area contributed by atoms with Crippen LogP contribution >= 0.6 is 0 Å². The van der Waals surface area contributed by atoms with Crippen molar-refractivity contribution in [1.29, 1.82) is 0 Å². The lowest BCUT2D eigenvalue weighted by atomic mass is 10.2. The number of halogens is 2. The molecule has 0 spiro atoms. The summed E-state index contributed by atoms with van der Waals surface area (Å²) in [5.41, 5.74) is -0.232. The van der Waals surface area contributed by atoms with E-state index in [2.05, 4.69) is 15.5 Å². The molecule has 7 nitrogen and oxygen atoms in total. The first-order valence-electron chi connectivity index (χ1n) is 8.31. The van der Waals surface area contributed by atoms with Gasteiger partial charge in [0.05, 0.1) is 6.61 Å². The van der Waals surface area contributed by atoms with Crippen molar-refractivity contribution in [2.45, 2.75) is 6.92 Å².